The standard InChI is InChI=1S/C14H20Cl2N2O2S/c1-18(10-6-8-21(19,20)9-10)7-5-13(17)11-3-2-4-12(15)14(11)16/h2-4,10,13H,5-9,17H2,1H3. The maximum Gasteiger partial charge on any atom is 0.151 e. The maximum absolute atomic E-state index is 11.5. The van der Waals surface area contributed by atoms with Crippen LogP contribution in [0.5, 0.6) is 0 Å². The lowest BCUT2D eigenvalue weighted by Crippen LogP contribution is -2.34. The summed E-state index contributed by atoms with van der Waals surface area (Å²) in [4.78, 5) is 2.07. The van der Waals surface area contributed by atoms with Crippen molar-refractivity contribution in [3.05, 3.63) is 33.8 Å². The Morgan fingerprint density at radius 1 is 1.43 bits per heavy atom. The monoisotopic (exact) mass is 350 g/mol. The Morgan fingerprint density at radius 2 is 2.14 bits per heavy atom. The molecule has 1 aromatic carbocycles. The van der Waals surface area contributed by atoms with E-state index in [0.717, 1.165) is 12.1 Å². The second-order valence-corrected chi connectivity index (χ2v) is 8.59. The van der Waals surface area contributed by atoms with Crippen molar-refractivity contribution in [3.8, 4) is 0 Å². The van der Waals surface area contributed by atoms with E-state index in [9.17, 15) is 8.42 Å². The van der Waals surface area contributed by atoms with Gasteiger partial charge in [0.2, 0.25) is 0 Å². The predicted molar refractivity (Wildman–Crippen MR) is 87.7 cm³/mol. The van der Waals surface area contributed by atoms with Crippen molar-refractivity contribution in [2.75, 3.05) is 25.1 Å². The van der Waals surface area contributed by atoms with Crippen LogP contribution in [0.15, 0.2) is 18.2 Å². The predicted octanol–water partition coefficient (Wildman–Crippen LogP) is 2.50. The summed E-state index contributed by atoms with van der Waals surface area (Å²) in [5.41, 5.74) is 7.01. The fourth-order valence-electron chi connectivity index (χ4n) is 2.61. The lowest BCUT2D eigenvalue weighted by Gasteiger charge is -2.25. The molecule has 1 aromatic rings. The number of hydrogen-bond donors (Lipinski definition) is 1. The minimum atomic E-state index is -2.86. The van der Waals surface area contributed by atoms with Crippen LogP contribution in [-0.2, 0) is 9.84 Å². The summed E-state index contributed by atoms with van der Waals surface area (Å²) < 4.78 is 23.0. The summed E-state index contributed by atoms with van der Waals surface area (Å²) >= 11 is 12.2. The minimum absolute atomic E-state index is 0.0945. The van der Waals surface area contributed by atoms with Gasteiger partial charge < -0.3 is 10.6 Å². The number of benzene rings is 1. The van der Waals surface area contributed by atoms with Crippen LogP contribution in [0.3, 0.4) is 0 Å². The second-order valence-electron chi connectivity index (χ2n) is 5.58. The van der Waals surface area contributed by atoms with E-state index in [2.05, 4.69) is 4.90 Å². The summed E-state index contributed by atoms with van der Waals surface area (Å²) in [5.74, 6) is 0.533. The van der Waals surface area contributed by atoms with Crippen molar-refractivity contribution in [1.82, 2.24) is 4.90 Å². The number of halogens is 2. The average molecular weight is 351 g/mol. The number of nitrogens with two attached hydrogens (primary N) is 1. The van der Waals surface area contributed by atoms with Crippen molar-refractivity contribution >= 4 is 33.0 Å². The molecule has 2 unspecified atom stereocenters. The quantitative estimate of drug-likeness (QED) is 0.885. The molecule has 0 aromatic heterocycles. The third-order valence-electron chi connectivity index (χ3n) is 4.01. The van der Waals surface area contributed by atoms with Gasteiger partial charge in [-0.2, -0.15) is 0 Å². The van der Waals surface area contributed by atoms with E-state index < -0.39 is 9.84 Å². The van der Waals surface area contributed by atoms with Crippen molar-refractivity contribution in [2.45, 2.75) is 24.9 Å². The summed E-state index contributed by atoms with van der Waals surface area (Å²) in [6, 6.07) is 5.32. The topological polar surface area (TPSA) is 63.4 Å². The van der Waals surface area contributed by atoms with Gasteiger partial charge in [0, 0.05) is 12.1 Å². The highest BCUT2D eigenvalue weighted by atomic mass is 35.5. The Hall–Kier alpha value is -0.330. The van der Waals surface area contributed by atoms with Gasteiger partial charge in [-0.3, -0.25) is 0 Å². The first-order chi connectivity index (χ1) is 9.80. The van der Waals surface area contributed by atoms with Crippen LogP contribution >= 0.6 is 23.2 Å². The number of sulfone groups is 1. The molecule has 1 fully saturated rings. The molecule has 0 aliphatic carbocycles. The van der Waals surface area contributed by atoms with Crippen LogP contribution in [0.2, 0.25) is 10.0 Å². The van der Waals surface area contributed by atoms with Crippen LogP contribution in [0, 0.1) is 0 Å². The second kappa shape index (κ2) is 6.84. The van der Waals surface area contributed by atoms with E-state index in [1.54, 1.807) is 6.07 Å². The molecule has 1 aliphatic heterocycles. The molecule has 0 bridgehead atoms. The van der Waals surface area contributed by atoms with Crippen molar-refractivity contribution in [2.24, 2.45) is 5.73 Å². The largest absolute Gasteiger partial charge is 0.324 e. The van der Waals surface area contributed by atoms with E-state index in [-0.39, 0.29) is 23.6 Å². The molecular weight excluding hydrogens is 331 g/mol. The molecule has 2 atom stereocenters. The molecule has 0 amide bonds. The van der Waals surface area contributed by atoms with E-state index in [1.807, 2.05) is 19.2 Å². The first-order valence-electron chi connectivity index (χ1n) is 6.90. The molecule has 0 spiro atoms. The van der Waals surface area contributed by atoms with Gasteiger partial charge in [-0.15, -0.1) is 0 Å². The van der Waals surface area contributed by atoms with E-state index >= 15 is 0 Å². The molecule has 1 aliphatic rings. The van der Waals surface area contributed by atoms with Gasteiger partial charge >= 0.3 is 0 Å². The molecule has 1 heterocycles. The Kier molecular flexibility index (Phi) is 5.54. The van der Waals surface area contributed by atoms with Crippen LogP contribution in [0.25, 0.3) is 0 Å². The van der Waals surface area contributed by atoms with Gasteiger partial charge in [-0.1, -0.05) is 35.3 Å². The third kappa shape index (κ3) is 4.33. The van der Waals surface area contributed by atoms with Crippen LogP contribution in [0.4, 0.5) is 0 Å². The van der Waals surface area contributed by atoms with Crippen molar-refractivity contribution < 1.29 is 8.42 Å². The van der Waals surface area contributed by atoms with E-state index in [1.165, 1.54) is 0 Å². The molecule has 2 N–H and O–H groups in total. The summed E-state index contributed by atoms with van der Waals surface area (Å²) in [7, 11) is -0.913. The minimum Gasteiger partial charge on any atom is -0.324 e. The highest BCUT2D eigenvalue weighted by Gasteiger charge is 2.30. The lowest BCUT2D eigenvalue weighted by atomic mass is 10.0. The molecule has 2 rings (SSSR count). The Labute approximate surface area is 136 Å². The SMILES string of the molecule is CN(CCC(N)c1cccc(Cl)c1Cl)C1CCS(=O)(=O)C1. The number of nitrogens with zero attached hydrogens (tertiary/aromatic N) is 1. The molecule has 21 heavy (non-hydrogen) atoms. The fourth-order valence-corrected chi connectivity index (χ4v) is 4.86. The molecular formula is C14H20Cl2N2O2S. The number of hydrogen-bond acceptors (Lipinski definition) is 4. The zero-order valence-electron chi connectivity index (χ0n) is 11.9. The van der Waals surface area contributed by atoms with E-state index in [0.29, 0.717) is 22.9 Å². The van der Waals surface area contributed by atoms with Crippen LogP contribution in [-0.4, -0.2) is 44.5 Å². The van der Waals surface area contributed by atoms with E-state index in [4.69, 9.17) is 28.9 Å². The first kappa shape index (κ1) is 17.0. The maximum atomic E-state index is 11.5. The Bertz CT molecular complexity index is 607. The Balaban J connectivity index is 1.92. The summed E-state index contributed by atoms with van der Waals surface area (Å²) in [6.45, 7) is 0.726. The number of rotatable bonds is 5. The average Bonchev–Trinajstić information content (AvgIpc) is 2.79. The highest BCUT2D eigenvalue weighted by Crippen LogP contribution is 2.30. The summed E-state index contributed by atoms with van der Waals surface area (Å²) in [6.07, 6.45) is 1.40. The Morgan fingerprint density at radius 3 is 2.76 bits per heavy atom. The van der Waals surface area contributed by atoms with Crippen LogP contribution in [0.1, 0.15) is 24.4 Å². The zero-order valence-corrected chi connectivity index (χ0v) is 14.3. The van der Waals surface area contributed by atoms with Gasteiger partial charge in [-0.25, -0.2) is 8.42 Å². The van der Waals surface area contributed by atoms with Gasteiger partial charge in [0.25, 0.3) is 0 Å². The normalized spacial score (nSPS) is 22.6. The zero-order chi connectivity index (χ0) is 15.6. The third-order valence-corrected chi connectivity index (χ3v) is 6.59. The van der Waals surface area contributed by atoms with Crippen LogP contribution < -0.4 is 5.73 Å². The molecule has 0 saturated carbocycles. The van der Waals surface area contributed by atoms with Gasteiger partial charge in [0.05, 0.1) is 21.6 Å². The summed E-state index contributed by atoms with van der Waals surface area (Å²) in [5, 5.41) is 0.998. The fraction of sp³-hybridized carbons (Fsp3) is 0.571. The van der Waals surface area contributed by atoms with Gasteiger partial charge in [0.15, 0.2) is 9.84 Å². The highest BCUT2D eigenvalue weighted by molar-refractivity contribution is 7.91. The molecule has 118 valence electrons. The van der Waals surface area contributed by atoms with Gasteiger partial charge in [0.1, 0.15) is 0 Å². The van der Waals surface area contributed by atoms with Crippen molar-refractivity contribution in [1.29, 1.82) is 0 Å². The first-order valence-corrected chi connectivity index (χ1v) is 9.48. The molecule has 7 heteroatoms. The smallest absolute Gasteiger partial charge is 0.151 e. The molecule has 4 nitrogen and oxygen atoms in total. The molecule has 0 radical (unpaired) electrons. The molecule has 1 saturated heterocycles. The van der Waals surface area contributed by atoms with Gasteiger partial charge in [-0.05, 0) is 38.1 Å². The lowest BCUT2D eigenvalue weighted by molar-refractivity contribution is 0.252. The van der Waals surface area contributed by atoms with Crippen molar-refractivity contribution in [3.63, 3.8) is 0 Å².